The van der Waals surface area contributed by atoms with Gasteiger partial charge in [0.15, 0.2) is 11.6 Å². The number of anilines is 2. The Bertz CT molecular complexity index is 1450. The van der Waals surface area contributed by atoms with Crippen LogP contribution in [-0.4, -0.2) is 68.3 Å². The van der Waals surface area contributed by atoms with Crippen molar-refractivity contribution >= 4 is 22.7 Å². The number of nitrogens with zero attached hydrogens (tertiary/aromatic N) is 7. The summed E-state index contributed by atoms with van der Waals surface area (Å²) in [6.07, 6.45) is 1.96. The lowest BCUT2D eigenvalue weighted by Gasteiger charge is -2.29. The van der Waals surface area contributed by atoms with Crippen LogP contribution in [0.2, 0.25) is 0 Å². The van der Waals surface area contributed by atoms with Crippen molar-refractivity contribution in [1.82, 2.24) is 34.5 Å². The van der Waals surface area contributed by atoms with Crippen LogP contribution in [0.5, 0.6) is 0 Å². The molecule has 0 amide bonds. The van der Waals surface area contributed by atoms with Gasteiger partial charge in [-0.05, 0) is 43.8 Å². The maximum absolute atomic E-state index is 15.0. The van der Waals surface area contributed by atoms with Gasteiger partial charge in [0.05, 0.1) is 6.20 Å². The molecule has 0 saturated heterocycles. The second kappa shape index (κ2) is 10.1. The Balaban J connectivity index is 1.41. The number of halogens is 2. The summed E-state index contributed by atoms with van der Waals surface area (Å²) in [7, 11) is 5.95. The van der Waals surface area contributed by atoms with Gasteiger partial charge in [0.2, 0.25) is 5.95 Å². The lowest BCUT2D eigenvalue weighted by molar-refractivity contribution is 0.224. The molecule has 4 aromatic rings. The zero-order valence-electron chi connectivity index (χ0n) is 21.9. The molecule has 37 heavy (non-hydrogen) atoms. The molecule has 0 radical (unpaired) electrons. The molecule has 0 spiro atoms. The molecule has 1 aromatic carbocycles. The SMILES string of the molecule is CC(C)c1c2cc(-c3nc(Nc4ccc5c(n4)CCN(CCN(C)C)C5)ncc3F)cc(F)c2nn1C. The molecule has 0 atom stereocenters. The minimum atomic E-state index is -0.629. The van der Waals surface area contributed by atoms with E-state index >= 15 is 0 Å². The number of aromatic nitrogens is 5. The predicted octanol–water partition coefficient (Wildman–Crippen LogP) is 4.49. The monoisotopic (exact) mass is 506 g/mol. The van der Waals surface area contributed by atoms with Crippen molar-refractivity contribution in [2.45, 2.75) is 32.7 Å². The molecule has 4 heterocycles. The first kappa shape index (κ1) is 25.2. The first-order chi connectivity index (χ1) is 17.7. The Morgan fingerprint density at radius 1 is 1.11 bits per heavy atom. The molecule has 1 aliphatic rings. The molecule has 0 fully saturated rings. The van der Waals surface area contributed by atoms with Gasteiger partial charge in [-0.15, -0.1) is 0 Å². The fraction of sp³-hybridized carbons (Fsp3) is 0.407. The number of pyridine rings is 1. The molecule has 0 unspecified atom stereocenters. The number of likely N-dealkylation sites (N-methyl/N-ethyl adjacent to an activating group) is 1. The topological polar surface area (TPSA) is 75.0 Å². The molecular weight excluding hydrogens is 474 g/mol. The number of rotatable bonds is 7. The van der Waals surface area contributed by atoms with E-state index in [2.05, 4.69) is 50.3 Å². The molecule has 5 rings (SSSR count). The highest BCUT2D eigenvalue weighted by Gasteiger charge is 2.20. The first-order valence-corrected chi connectivity index (χ1v) is 12.5. The van der Waals surface area contributed by atoms with Gasteiger partial charge in [-0.2, -0.15) is 5.10 Å². The standard InChI is InChI=1S/C27H32F2N8/c1-16(2)26-19-12-18(13-20(28)25(19)34-36(26)5)24-21(29)14-30-27(33-24)32-23-7-6-17-15-37(11-10-35(3)4)9-8-22(17)31-23/h6-7,12-14,16H,8-11,15H2,1-5H3,(H,30,31,32,33). The normalized spacial score (nSPS) is 14.1. The van der Waals surface area contributed by atoms with Crippen LogP contribution < -0.4 is 5.32 Å². The van der Waals surface area contributed by atoms with Crippen LogP contribution in [-0.2, 0) is 20.0 Å². The molecule has 1 N–H and O–H groups in total. The van der Waals surface area contributed by atoms with Gasteiger partial charge in [0, 0.05) is 62.0 Å². The van der Waals surface area contributed by atoms with E-state index in [-0.39, 0.29) is 23.1 Å². The highest BCUT2D eigenvalue weighted by molar-refractivity contribution is 5.87. The predicted molar refractivity (Wildman–Crippen MR) is 141 cm³/mol. The smallest absolute Gasteiger partial charge is 0.229 e. The van der Waals surface area contributed by atoms with E-state index in [9.17, 15) is 8.78 Å². The van der Waals surface area contributed by atoms with Crippen LogP contribution in [0.3, 0.4) is 0 Å². The second-order valence-corrected chi connectivity index (χ2v) is 10.2. The Kier molecular flexibility index (Phi) is 6.87. The summed E-state index contributed by atoms with van der Waals surface area (Å²) in [6.45, 7) is 7.89. The Morgan fingerprint density at radius 2 is 1.92 bits per heavy atom. The lowest BCUT2D eigenvalue weighted by Crippen LogP contribution is -2.36. The molecule has 194 valence electrons. The van der Waals surface area contributed by atoms with E-state index in [1.807, 2.05) is 19.9 Å². The van der Waals surface area contributed by atoms with Crippen molar-refractivity contribution in [3.8, 4) is 11.3 Å². The van der Waals surface area contributed by atoms with Gasteiger partial charge < -0.3 is 10.2 Å². The summed E-state index contributed by atoms with van der Waals surface area (Å²) in [6, 6.07) is 6.97. The average molecular weight is 507 g/mol. The van der Waals surface area contributed by atoms with Crippen LogP contribution in [0.25, 0.3) is 22.2 Å². The largest absolute Gasteiger partial charge is 0.309 e. The zero-order valence-corrected chi connectivity index (χ0v) is 21.9. The van der Waals surface area contributed by atoms with E-state index in [0.717, 1.165) is 50.2 Å². The number of hydrogen-bond acceptors (Lipinski definition) is 7. The van der Waals surface area contributed by atoms with Crippen molar-refractivity contribution < 1.29 is 8.78 Å². The first-order valence-electron chi connectivity index (χ1n) is 12.5. The minimum absolute atomic E-state index is 0.0198. The number of fused-ring (bicyclic) bond motifs is 2. The van der Waals surface area contributed by atoms with Crippen molar-refractivity contribution in [2.24, 2.45) is 7.05 Å². The van der Waals surface area contributed by atoms with E-state index in [1.165, 1.54) is 11.6 Å². The van der Waals surface area contributed by atoms with E-state index < -0.39 is 11.6 Å². The van der Waals surface area contributed by atoms with Crippen LogP contribution in [0.1, 0.15) is 36.7 Å². The number of hydrogen-bond donors (Lipinski definition) is 1. The summed E-state index contributed by atoms with van der Waals surface area (Å²) in [5, 5.41) is 8.06. The summed E-state index contributed by atoms with van der Waals surface area (Å²) in [4.78, 5) is 17.9. The van der Waals surface area contributed by atoms with Crippen molar-refractivity contribution in [2.75, 3.05) is 39.0 Å². The maximum atomic E-state index is 15.0. The molecule has 1 aliphatic heterocycles. The van der Waals surface area contributed by atoms with Gasteiger partial charge in [0.25, 0.3) is 0 Å². The Morgan fingerprint density at radius 3 is 2.68 bits per heavy atom. The summed E-state index contributed by atoms with van der Waals surface area (Å²) in [5.41, 5.74) is 3.74. The minimum Gasteiger partial charge on any atom is -0.309 e. The van der Waals surface area contributed by atoms with Gasteiger partial charge in [-0.1, -0.05) is 19.9 Å². The molecule has 0 saturated carbocycles. The number of nitrogens with one attached hydrogen (secondary N) is 1. The third-order valence-electron chi connectivity index (χ3n) is 6.73. The number of benzene rings is 1. The quantitative estimate of drug-likeness (QED) is 0.396. The fourth-order valence-corrected chi connectivity index (χ4v) is 4.92. The molecule has 3 aromatic heterocycles. The van der Waals surface area contributed by atoms with Crippen LogP contribution in [0, 0.1) is 11.6 Å². The highest BCUT2D eigenvalue weighted by Crippen LogP contribution is 2.32. The van der Waals surface area contributed by atoms with Crippen LogP contribution in [0.4, 0.5) is 20.5 Å². The van der Waals surface area contributed by atoms with E-state index in [4.69, 9.17) is 4.98 Å². The Labute approximate surface area is 215 Å². The highest BCUT2D eigenvalue weighted by atomic mass is 19.1. The van der Waals surface area contributed by atoms with E-state index in [0.29, 0.717) is 16.8 Å². The maximum Gasteiger partial charge on any atom is 0.229 e. The molecule has 8 nitrogen and oxygen atoms in total. The van der Waals surface area contributed by atoms with Crippen LogP contribution in [0.15, 0.2) is 30.5 Å². The lowest BCUT2D eigenvalue weighted by atomic mass is 10.0. The van der Waals surface area contributed by atoms with Crippen LogP contribution >= 0.6 is 0 Å². The van der Waals surface area contributed by atoms with Gasteiger partial charge in [-0.3, -0.25) is 9.58 Å². The molecule has 0 bridgehead atoms. The summed E-state index contributed by atoms with van der Waals surface area (Å²) >= 11 is 0. The summed E-state index contributed by atoms with van der Waals surface area (Å²) < 4.78 is 31.5. The van der Waals surface area contributed by atoms with Crippen molar-refractivity contribution in [1.29, 1.82) is 0 Å². The Hall–Kier alpha value is -3.50. The molecule has 0 aliphatic carbocycles. The number of aryl methyl sites for hydroxylation is 1. The van der Waals surface area contributed by atoms with E-state index in [1.54, 1.807) is 17.8 Å². The fourth-order valence-electron chi connectivity index (χ4n) is 4.92. The summed E-state index contributed by atoms with van der Waals surface area (Å²) in [5.74, 6) is -0.238. The third-order valence-corrected chi connectivity index (χ3v) is 6.73. The van der Waals surface area contributed by atoms with Gasteiger partial charge in [0.1, 0.15) is 17.0 Å². The third kappa shape index (κ3) is 5.17. The zero-order chi connectivity index (χ0) is 26.3. The van der Waals surface area contributed by atoms with Gasteiger partial charge in [-0.25, -0.2) is 23.7 Å². The van der Waals surface area contributed by atoms with Gasteiger partial charge >= 0.3 is 0 Å². The van der Waals surface area contributed by atoms with Crippen molar-refractivity contribution in [3.05, 3.63) is 59.0 Å². The average Bonchev–Trinajstić information content (AvgIpc) is 3.20. The second-order valence-electron chi connectivity index (χ2n) is 10.2. The molecular formula is C27H32F2N8. The van der Waals surface area contributed by atoms with Crippen molar-refractivity contribution in [3.63, 3.8) is 0 Å². The molecule has 10 heteroatoms.